The van der Waals surface area contributed by atoms with Crippen LogP contribution in [0.15, 0.2) is 28.8 Å². The van der Waals surface area contributed by atoms with Crippen molar-refractivity contribution in [3.63, 3.8) is 0 Å². The topological polar surface area (TPSA) is 51.8 Å². The van der Waals surface area contributed by atoms with Gasteiger partial charge < -0.3 is 4.42 Å². The second-order valence-electron chi connectivity index (χ2n) is 2.28. The Labute approximate surface area is 70.7 Å². The molecule has 0 bridgehead atoms. The smallest absolute Gasteiger partial charge is 0.266 e. The number of rotatable bonds is 1. The summed E-state index contributed by atoms with van der Waals surface area (Å²) in [5.41, 5.74) is 0.535. The lowest BCUT2D eigenvalue weighted by molar-refractivity contribution is 0.531. The summed E-state index contributed by atoms with van der Waals surface area (Å²) >= 11 is 0. The summed E-state index contributed by atoms with van der Waals surface area (Å²) in [5, 5.41) is 7.47. The van der Waals surface area contributed by atoms with E-state index in [0.717, 1.165) is 0 Å². The van der Waals surface area contributed by atoms with Crippen LogP contribution in [0.3, 0.4) is 0 Å². The van der Waals surface area contributed by atoms with Gasteiger partial charge in [-0.15, -0.1) is 10.2 Å². The molecule has 0 atom stereocenters. The molecule has 0 aliphatic carbocycles. The molecule has 0 N–H and O–H groups in total. The largest absolute Gasteiger partial charge is 0.420 e. The quantitative estimate of drug-likeness (QED) is 0.636. The standard InChI is InChI=1S/C8H7N3O/c1-6-10-11-8(12-6)7-4-2-3-5-9-7/h2-5H,1H3/i5D. The van der Waals surface area contributed by atoms with E-state index in [0.29, 0.717) is 17.5 Å². The second-order valence-corrected chi connectivity index (χ2v) is 2.28. The van der Waals surface area contributed by atoms with Crippen molar-refractivity contribution in [3.8, 4) is 11.6 Å². The van der Waals surface area contributed by atoms with Gasteiger partial charge in [0.2, 0.25) is 5.89 Å². The highest BCUT2D eigenvalue weighted by Gasteiger charge is 2.04. The molecule has 0 saturated heterocycles. The van der Waals surface area contributed by atoms with Crippen LogP contribution in [0.5, 0.6) is 0 Å². The summed E-state index contributed by atoms with van der Waals surface area (Å²) in [6.45, 7) is 1.71. The van der Waals surface area contributed by atoms with Crippen molar-refractivity contribution in [1.82, 2.24) is 15.2 Å². The molecule has 0 aliphatic heterocycles. The van der Waals surface area contributed by atoms with E-state index in [1.54, 1.807) is 25.1 Å². The summed E-state index contributed by atoms with van der Waals surface area (Å²) in [4.78, 5) is 3.93. The van der Waals surface area contributed by atoms with Crippen molar-refractivity contribution >= 4 is 0 Å². The third-order valence-electron chi connectivity index (χ3n) is 1.36. The molecule has 0 fully saturated rings. The maximum absolute atomic E-state index is 7.29. The van der Waals surface area contributed by atoms with E-state index in [-0.39, 0.29) is 6.17 Å². The van der Waals surface area contributed by atoms with Crippen molar-refractivity contribution in [2.75, 3.05) is 0 Å². The molecule has 4 nitrogen and oxygen atoms in total. The Morgan fingerprint density at radius 2 is 2.33 bits per heavy atom. The number of hydrogen-bond acceptors (Lipinski definition) is 4. The number of aromatic nitrogens is 3. The van der Waals surface area contributed by atoms with Gasteiger partial charge in [0, 0.05) is 13.1 Å². The Morgan fingerprint density at radius 1 is 1.42 bits per heavy atom. The van der Waals surface area contributed by atoms with E-state index in [1.165, 1.54) is 0 Å². The third-order valence-corrected chi connectivity index (χ3v) is 1.36. The highest BCUT2D eigenvalue weighted by atomic mass is 16.4. The van der Waals surface area contributed by atoms with Crippen molar-refractivity contribution in [2.24, 2.45) is 0 Å². The van der Waals surface area contributed by atoms with E-state index >= 15 is 0 Å². The van der Waals surface area contributed by atoms with Crippen LogP contribution < -0.4 is 0 Å². The van der Waals surface area contributed by atoms with Crippen LogP contribution >= 0.6 is 0 Å². The van der Waals surface area contributed by atoms with E-state index in [2.05, 4.69) is 15.2 Å². The highest BCUT2D eigenvalue weighted by Crippen LogP contribution is 2.12. The van der Waals surface area contributed by atoms with Crippen LogP contribution in [0.25, 0.3) is 11.6 Å². The van der Waals surface area contributed by atoms with Crippen molar-refractivity contribution in [1.29, 1.82) is 0 Å². The number of nitrogens with zero attached hydrogens (tertiary/aromatic N) is 3. The van der Waals surface area contributed by atoms with E-state index < -0.39 is 0 Å². The fourth-order valence-electron chi connectivity index (χ4n) is 0.846. The molecular weight excluding hydrogens is 154 g/mol. The molecule has 0 amide bonds. The van der Waals surface area contributed by atoms with Gasteiger partial charge >= 0.3 is 0 Å². The summed E-state index contributed by atoms with van der Waals surface area (Å²) < 4.78 is 12.4. The minimum absolute atomic E-state index is 0.188. The van der Waals surface area contributed by atoms with Gasteiger partial charge in [-0.3, -0.25) is 4.98 Å². The zero-order chi connectivity index (χ0) is 9.26. The number of pyridine rings is 1. The van der Waals surface area contributed by atoms with Gasteiger partial charge in [0.1, 0.15) is 5.69 Å². The number of hydrogen-bond donors (Lipinski definition) is 0. The maximum Gasteiger partial charge on any atom is 0.266 e. The molecule has 0 aliphatic rings. The fraction of sp³-hybridized carbons (Fsp3) is 0.125. The number of aryl methyl sites for hydroxylation is 1. The maximum atomic E-state index is 7.29. The molecule has 12 heavy (non-hydrogen) atoms. The summed E-state index contributed by atoms with van der Waals surface area (Å²) in [6, 6.07) is 5.04. The zero-order valence-corrected chi connectivity index (χ0v) is 6.48. The molecular formula is C8H7N3O. The first-order valence-corrected chi connectivity index (χ1v) is 3.50. The Hall–Kier alpha value is -1.71. The fourth-order valence-corrected chi connectivity index (χ4v) is 0.846. The van der Waals surface area contributed by atoms with Crippen LogP contribution in [0.4, 0.5) is 0 Å². The Balaban J connectivity index is 2.46. The van der Waals surface area contributed by atoms with Gasteiger partial charge in [-0.2, -0.15) is 0 Å². The summed E-state index contributed by atoms with van der Waals surface area (Å²) in [5.74, 6) is 0.846. The Morgan fingerprint density at radius 3 is 3.00 bits per heavy atom. The van der Waals surface area contributed by atoms with Gasteiger partial charge in [-0.1, -0.05) is 6.07 Å². The molecule has 0 aromatic carbocycles. The molecule has 2 rings (SSSR count). The van der Waals surface area contributed by atoms with E-state index in [9.17, 15) is 0 Å². The van der Waals surface area contributed by atoms with Crippen LogP contribution in [0.1, 0.15) is 7.26 Å². The molecule has 2 aromatic heterocycles. The molecule has 2 heterocycles. The first kappa shape index (κ1) is 5.88. The highest BCUT2D eigenvalue weighted by molar-refractivity contribution is 5.44. The average Bonchev–Trinajstić information content (AvgIpc) is 2.52. The molecule has 60 valence electrons. The van der Waals surface area contributed by atoms with Crippen LogP contribution in [-0.2, 0) is 0 Å². The lowest BCUT2D eigenvalue weighted by Gasteiger charge is -1.89. The van der Waals surface area contributed by atoms with E-state index in [4.69, 9.17) is 5.79 Å². The van der Waals surface area contributed by atoms with Crippen LogP contribution in [-0.4, -0.2) is 15.2 Å². The molecule has 0 unspecified atom stereocenters. The molecule has 0 radical (unpaired) electrons. The predicted octanol–water partition coefficient (Wildman–Crippen LogP) is 1.44. The normalized spacial score (nSPS) is 11.2. The Kier molecular flexibility index (Phi) is 1.34. The molecule has 0 saturated carbocycles. The van der Waals surface area contributed by atoms with Gasteiger partial charge in [0.15, 0.2) is 0 Å². The third kappa shape index (κ3) is 1.18. The average molecular weight is 162 g/mol. The van der Waals surface area contributed by atoms with Crippen molar-refractivity contribution in [2.45, 2.75) is 6.92 Å². The minimum atomic E-state index is 0.188. The molecule has 2 aromatic rings. The summed E-state index contributed by atoms with van der Waals surface area (Å²) in [6.07, 6.45) is 0.188. The van der Waals surface area contributed by atoms with Gasteiger partial charge in [-0.25, -0.2) is 0 Å². The van der Waals surface area contributed by atoms with Crippen LogP contribution in [0, 0.1) is 6.92 Å². The van der Waals surface area contributed by atoms with E-state index in [1.807, 2.05) is 0 Å². The minimum Gasteiger partial charge on any atom is -0.420 e. The van der Waals surface area contributed by atoms with Crippen LogP contribution in [0.2, 0.25) is 0 Å². The van der Waals surface area contributed by atoms with Gasteiger partial charge in [-0.05, 0) is 12.1 Å². The summed E-state index contributed by atoms with van der Waals surface area (Å²) in [7, 11) is 0. The SMILES string of the molecule is [2H]c1cccc(-c2nnc(C)o2)n1. The monoisotopic (exact) mass is 162 g/mol. The van der Waals surface area contributed by atoms with Gasteiger partial charge in [0.25, 0.3) is 5.89 Å². The van der Waals surface area contributed by atoms with Crippen molar-refractivity contribution < 1.29 is 5.79 Å². The molecule has 0 spiro atoms. The first-order chi connectivity index (χ1) is 6.25. The first-order valence-electron chi connectivity index (χ1n) is 4.00. The zero-order valence-electron chi connectivity index (χ0n) is 7.48. The lowest BCUT2D eigenvalue weighted by atomic mass is 10.3. The second kappa shape index (κ2) is 2.73. The Bertz CT molecular complexity index is 427. The van der Waals surface area contributed by atoms with Gasteiger partial charge in [0.05, 0.1) is 1.37 Å². The van der Waals surface area contributed by atoms with Crippen molar-refractivity contribution in [3.05, 3.63) is 30.3 Å². The molecule has 4 heteroatoms. The lowest BCUT2D eigenvalue weighted by Crippen LogP contribution is -1.80. The predicted molar refractivity (Wildman–Crippen MR) is 42.3 cm³/mol.